The first-order valence-electron chi connectivity index (χ1n) is 8.31. The van der Waals surface area contributed by atoms with Gasteiger partial charge < -0.3 is 9.67 Å². The minimum atomic E-state index is -0.435. The van der Waals surface area contributed by atoms with Gasteiger partial charge in [-0.15, -0.1) is 0 Å². The van der Waals surface area contributed by atoms with Crippen LogP contribution >= 0.6 is 0 Å². The molecule has 0 atom stereocenters. The van der Waals surface area contributed by atoms with Crippen molar-refractivity contribution in [2.45, 2.75) is 51.4 Å². The molecular formula is C16H26N4O3. The summed E-state index contributed by atoms with van der Waals surface area (Å²) in [6.45, 7) is 0.286. The SMILES string of the molecule is Cn1c(CCCCCCCCCO)nc2c1c(=O)[nH]c(=O)n2C. The van der Waals surface area contributed by atoms with E-state index in [1.54, 1.807) is 11.6 Å². The summed E-state index contributed by atoms with van der Waals surface area (Å²) in [7, 11) is 3.43. The fraction of sp³-hybridized carbons (Fsp3) is 0.688. The van der Waals surface area contributed by atoms with E-state index in [1.165, 1.54) is 23.8 Å². The number of unbranched alkanes of at least 4 members (excludes halogenated alkanes) is 6. The van der Waals surface area contributed by atoms with Gasteiger partial charge in [0.25, 0.3) is 5.56 Å². The lowest BCUT2D eigenvalue weighted by Crippen LogP contribution is -2.29. The quantitative estimate of drug-likeness (QED) is 0.679. The molecule has 0 aromatic carbocycles. The van der Waals surface area contributed by atoms with Gasteiger partial charge in [0.1, 0.15) is 5.82 Å². The number of nitrogens with one attached hydrogen (secondary N) is 1. The average molecular weight is 322 g/mol. The number of H-pyrrole nitrogens is 1. The monoisotopic (exact) mass is 322 g/mol. The largest absolute Gasteiger partial charge is 0.396 e. The first kappa shape index (κ1) is 17.5. The van der Waals surface area contributed by atoms with E-state index in [9.17, 15) is 9.59 Å². The van der Waals surface area contributed by atoms with Crippen molar-refractivity contribution in [1.29, 1.82) is 0 Å². The Morgan fingerprint density at radius 1 is 0.957 bits per heavy atom. The van der Waals surface area contributed by atoms with Gasteiger partial charge in [0.05, 0.1) is 0 Å². The molecule has 0 spiro atoms. The van der Waals surface area contributed by atoms with Crippen molar-refractivity contribution in [3.05, 3.63) is 26.7 Å². The summed E-state index contributed by atoms with van der Waals surface area (Å²) in [6.07, 6.45) is 8.47. The Morgan fingerprint density at radius 2 is 1.57 bits per heavy atom. The summed E-state index contributed by atoms with van der Waals surface area (Å²) in [5.74, 6) is 0.840. The first-order valence-corrected chi connectivity index (χ1v) is 8.31. The first-order chi connectivity index (χ1) is 11.1. The minimum Gasteiger partial charge on any atom is -0.396 e. The van der Waals surface area contributed by atoms with Crippen LogP contribution in [0.25, 0.3) is 11.2 Å². The number of aliphatic hydroxyl groups excluding tert-OH is 1. The van der Waals surface area contributed by atoms with Crippen LogP contribution in [0.3, 0.4) is 0 Å². The molecule has 0 bridgehead atoms. The maximum absolute atomic E-state index is 11.9. The molecule has 0 unspecified atom stereocenters. The van der Waals surface area contributed by atoms with Crippen molar-refractivity contribution in [2.75, 3.05) is 6.61 Å². The summed E-state index contributed by atoms with van der Waals surface area (Å²) >= 11 is 0. The van der Waals surface area contributed by atoms with E-state index >= 15 is 0 Å². The van der Waals surface area contributed by atoms with E-state index in [0.717, 1.165) is 37.9 Å². The second-order valence-corrected chi connectivity index (χ2v) is 6.03. The number of hydrogen-bond acceptors (Lipinski definition) is 4. The van der Waals surface area contributed by atoms with Crippen LogP contribution in [0.1, 0.15) is 50.8 Å². The smallest absolute Gasteiger partial charge is 0.329 e. The summed E-state index contributed by atoms with van der Waals surface area (Å²) in [5, 5.41) is 8.72. The number of nitrogens with zero attached hydrogens (tertiary/aromatic N) is 3. The summed E-state index contributed by atoms with van der Waals surface area (Å²) in [5.41, 5.74) is 0.0784. The minimum absolute atomic E-state index is 0.286. The van der Waals surface area contributed by atoms with E-state index in [2.05, 4.69) is 9.97 Å². The highest BCUT2D eigenvalue weighted by Crippen LogP contribution is 2.13. The summed E-state index contributed by atoms with van der Waals surface area (Å²) < 4.78 is 3.16. The van der Waals surface area contributed by atoms with Gasteiger partial charge in [0.2, 0.25) is 0 Å². The highest BCUT2D eigenvalue weighted by Gasteiger charge is 2.14. The molecule has 2 aromatic heterocycles. The highest BCUT2D eigenvalue weighted by molar-refractivity contribution is 5.70. The number of imidazole rings is 1. The number of aromatic amines is 1. The van der Waals surface area contributed by atoms with Crippen LogP contribution < -0.4 is 11.2 Å². The fourth-order valence-electron chi connectivity index (χ4n) is 2.86. The summed E-state index contributed by atoms with van der Waals surface area (Å²) in [6, 6.07) is 0. The normalized spacial score (nSPS) is 11.4. The van der Waals surface area contributed by atoms with E-state index in [-0.39, 0.29) is 12.2 Å². The average Bonchev–Trinajstić information content (AvgIpc) is 2.85. The predicted molar refractivity (Wildman–Crippen MR) is 89.7 cm³/mol. The molecule has 0 amide bonds. The standard InChI is InChI=1S/C16H26N4O3/c1-19-12(10-8-6-4-3-5-7-9-11-21)17-14-13(19)15(22)18-16(23)20(14)2/h21H,3-11H2,1-2H3,(H,18,22,23). The van der Waals surface area contributed by atoms with Crippen molar-refractivity contribution in [2.24, 2.45) is 14.1 Å². The third-order valence-corrected chi connectivity index (χ3v) is 4.29. The number of rotatable bonds is 9. The van der Waals surface area contributed by atoms with E-state index < -0.39 is 5.69 Å². The molecule has 0 aliphatic rings. The number of aromatic nitrogens is 4. The van der Waals surface area contributed by atoms with Gasteiger partial charge in [-0.1, -0.05) is 32.1 Å². The van der Waals surface area contributed by atoms with Gasteiger partial charge in [-0.05, 0) is 12.8 Å². The van der Waals surface area contributed by atoms with Crippen LogP contribution in [0, 0.1) is 0 Å². The van der Waals surface area contributed by atoms with Gasteiger partial charge in [0.15, 0.2) is 11.2 Å². The van der Waals surface area contributed by atoms with Crippen LogP contribution in [0.4, 0.5) is 0 Å². The molecule has 128 valence electrons. The highest BCUT2D eigenvalue weighted by atomic mass is 16.3. The van der Waals surface area contributed by atoms with E-state index in [4.69, 9.17) is 5.11 Å². The Kier molecular flexibility index (Phi) is 6.15. The van der Waals surface area contributed by atoms with Crippen molar-refractivity contribution < 1.29 is 5.11 Å². The lowest BCUT2D eigenvalue weighted by Gasteiger charge is -2.03. The number of hydrogen-bond donors (Lipinski definition) is 2. The van der Waals surface area contributed by atoms with E-state index in [1.807, 2.05) is 7.05 Å². The van der Waals surface area contributed by atoms with Gasteiger partial charge >= 0.3 is 5.69 Å². The van der Waals surface area contributed by atoms with Crippen LogP contribution in [-0.4, -0.2) is 30.8 Å². The molecule has 0 saturated carbocycles. The molecule has 7 nitrogen and oxygen atoms in total. The van der Waals surface area contributed by atoms with Crippen LogP contribution in [-0.2, 0) is 20.5 Å². The molecular weight excluding hydrogens is 296 g/mol. The topological polar surface area (TPSA) is 92.9 Å². The Balaban J connectivity index is 1.93. The van der Waals surface area contributed by atoms with E-state index in [0.29, 0.717) is 11.2 Å². The zero-order valence-electron chi connectivity index (χ0n) is 14.0. The molecule has 23 heavy (non-hydrogen) atoms. The Morgan fingerprint density at radius 3 is 2.22 bits per heavy atom. The van der Waals surface area contributed by atoms with Crippen molar-refractivity contribution in [3.8, 4) is 0 Å². The Hall–Kier alpha value is -1.89. The van der Waals surface area contributed by atoms with Gasteiger partial charge in [-0.25, -0.2) is 9.78 Å². The number of aliphatic hydroxyl groups is 1. The maximum atomic E-state index is 11.9. The molecule has 0 aliphatic carbocycles. The number of fused-ring (bicyclic) bond motifs is 1. The lowest BCUT2D eigenvalue weighted by atomic mass is 10.1. The predicted octanol–water partition coefficient (Wildman–Crippen LogP) is 1.23. The second-order valence-electron chi connectivity index (χ2n) is 6.03. The zero-order valence-corrected chi connectivity index (χ0v) is 14.0. The molecule has 2 heterocycles. The third kappa shape index (κ3) is 4.10. The van der Waals surface area contributed by atoms with Gasteiger partial charge in [0, 0.05) is 27.1 Å². The lowest BCUT2D eigenvalue weighted by molar-refractivity contribution is 0.282. The number of aryl methyl sites for hydroxylation is 3. The zero-order chi connectivity index (χ0) is 16.8. The Labute approximate surface area is 135 Å². The molecule has 0 fully saturated rings. The van der Waals surface area contributed by atoms with Gasteiger partial charge in [-0.3, -0.25) is 14.3 Å². The third-order valence-electron chi connectivity index (χ3n) is 4.29. The van der Waals surface area contributed by atoms with Crippen LogP contribution in [0.2, 0.25) is 0 Å². The molecule has 7 heteroatoms. The molecule has 0 saturated heterocycles. The van der Waals surface area contributed by atoms with Crippen LogP contribution in [0.5, 0.6) is 0 Å². The maximum Gasteiger partial charge on any atom is 0.329 e. The molecule has 2 aromatic rings. The van der Waals surface area contributed by atoms with Gasteiger partial charge in [-0.2, -0.15) is 0 Å². The van der Waals surface area contributed by atoms with Crippen molar-refractivity contribution >= 4 is 11.2 Å². The van der Waals surface area contributed by atoms with Crippen LogP contribution in [0.15, 0.2) is 9.59 Å². The van der Waals surface area contributed by atoms with Crippen molar-refractivity contribution in [3.63, 3.8) is 0 Å². The van der Waals surface area contributed by atoms with Crippen molar-refractivity contribution in [1.82, 2.24) is 19.1 Å². The fourth-order valence-corrected chi connectivity index (χ4v) is 2.86. The molecule has 0 aliphatic heterocycles. The Bertz CT molecular complexity index is 757. The molecule has 2 N–H and O–H groups in total. The molecule has 2 rings (SSSR count). The molecule has 0 radical (unpaired) electrons. The summed E-state index contributed by atoms with van der Waals surface area (Å²) in [4.78, 5) is 30.3. The second kappa shape index (κ2) is 8.10.